The molecule has 0 aliphatic heterocycles. The Morgan fingerprint density at radius 2 is 2.00 bits per heavy atom. The summed E-state index contributed by atoms with van der Waals surface area (Å²) in [4.78, 5) is 7.61. The summed E-state index contributed by atoms with van der Waals surface area (Å²) in [6.45, 7) is 1.53. The number of aryl methyl sites for hydroxylation is 1. The summed E-state index contributed by atoms with van der Waals surface area (Å²) in [5.74, 6) is -1.22. The number of nitrogen functional groups attached to an aromatic ring is 1. The number of anilines is 3. The second kappa shape index (κ2) is 5.05. The van der Waals surface area contributed by atoms with Crippen molar-refractivity contribution in [2.75, 3.05) is 18.2 Å². The maximum Gasteiger partial charge on any atom is 0.242 e. The molecular weight excluding hydrogens is 254 g/mol. The molecule has 3 N–H and O–H groups in total. The molecule has 0 unspecified atom stereocenters. The number of rotatable bonds is 3. The summed E-state index contributed by atoms with van der Waals surface area (Å²) in [6.07, 6.45) is 1.18. The Bertz CT molecular complexity index is 619. The van der Waals surface area contributed by atoms with Crippen LogP contribution in [0.3, 0.4) is 0 Å². The Labute approximate surface area is 108 Å². The van der Waals surface area contributed by atoms with Crippen molar-refractivity contribution in [2.45, 2.75) is 6.92 Å². The zero-order chi connectivity index (χ0) is 14.0. The van der Waals surface area contributed by atoms with E-state index in [4.69, 9.17) is 10.5 Å². The lowest BCUT2D eigenvalue weighted by molar-refractivity contribution is 0.399. The van der Waals surface area contributed by atoms with E-state index in [2.05, 4.69) is 15.3 Å². The fraction of sp³-hybridized carbons (Fsp3) is 0.167. The minimum Gasteiger partial charge on any atom is -0.479 e. The number of nitrogens with two attached hydrogens (primary N) is 1. The van der Waals surface area contributed by atoms with Gasteiger partial charge in [-0.05, 0) is 18.6 Å². The van der Waals surface area contributed by atoms with E-state index in [1.807, 2.05) is 0 Å². The highest BCUT2D eigenvalue weighted by molar-refractivity contribution is 5.72. The van der Waals surface area contributed by atoms with Crippen molar-refractivity contribution in [3.05, 3.63) is 35.7 Å². The molecule has 19 heavy (non-hydrogen) atoms. The van der Waals surface area contributed by atoms with Gasteiger partial charge in [0, 0.05) is 0 Å². The van der Waals surface area contributed by atoms with Crippen LogP contribution in [-0.4, -0.2) is 17.1 Å². The Morgan fingerprint density at radius 1 is 1.26 bits per heavy atom. The maximum atomic E-state index is 13.8. The summed E-state index contributed by atoms with van der Waals surface area (Å²) in [6, 6.07) is 2.51. The fourth-order valence-corrected chi connectivity index (χ4v) is 1.53. The average Bonchev–Trinajstić information content (AvgIpc) is 2.41. The minimum absolute atomic E-state index is 0.0744. The molecule has 0 radical (unpaired) electrons. The molecule has 2 rings (SSSR count). The zero-order valence-corrected chi connectivity index (χ0v) is 10.4. The van der Waals surface area contributed by atoms with Gasteiger partial charge in [-0.15, -0.1) is 0 Å². The van der Waals surface area contributed by atoms with E-state index in [1.165, 1.54) is 26.4 Å². The Kier molecular flexibility index (Phi) is 3.46. The van der Waals surface area contributed by atoms with Crippen molar-refractivity contribution < 1.29 is 13.5 Å². The number of methoxy groups -OCH3 is 1. The first-order chi connectivity index (χ1) is 9.04. The SMILES string of the molecule is COc1ncnc(Nc2c(F)ccc(C)c2F)c1N. The van der Waals surface area contributed by atoms with E-state index in [-0.39, 0.29) is 23.1 Å². The summed E-state index contributed by atoms with van der Waals surface area (Å²) < 4.78 is 32.4. The van der Waals surface area contributed by atoms with Gasteiger partial charge in [0.05, 0.1) is 7.11 Å². The number of nitrogens with one attached hydrogen (secondary N) is 1. The van der Waals surface area contributed by atoms with Crippen molar-refractivity contribution in [3.8, 4) is 5.88 Å². The van der Waals surface area contributed by atoms with Crippen LogP contribution < -0.4 is 15.8 Å². The molecule has 5 nitrogen and oxygen atoms in total. The van der Waals surface area contributed by atoms with Crippen molar-refractivity contribution in [2.24, 2.45) is 0 Å². The van der Waals surface area contributed by atoms with Gasteiger partial charge in [0.1, 0.15) is 23.5 Å². The number of hydrogen-bond donors (Lipinski definition) is 2. The van der Waals surface area contributed by atoms with E-state index in [9.17, 15) is 8.78 Å². The van der Waals surface area contributed by atoms with Crippen LogP contribution in [0.15, 0.2) is 18.5 Å². The number of hydrogen-bond acceptors (Lipinski definition) is 5. The molecule has 0 amide bonds. The van der Waals surface area contributed by atoms with Crippen molar-refractivity contribution >= 4 is 17.2 Å². The van der Waals surface area contributed by atoms with Gasteiger partial charge in [-0.3, -0.25) is 0 Å². The molecule has 100 valence electrons. The molecular formula is C12H12F2N4O. The molecule has 7 heteroatoms. The molecule has 0 bridgehead atoms. The van der Waals surface area contributed by atoms with Gasteiger partial charge in [-0.2, -0.15) is 4.98 Å². The molecule has 2 aromatic rings. The van der Waals surface area contributed by atoms with Gasteiger partial charge in [-0.25, -0.2) is 13.8 Å². The molecule has 0 saturated heterocycles. The van der Waals surface area contributed by atoms with Crippen LogP contribution in [-0.2, 0) is 0 Å². The quantitative estimate of drug-likeness (QED) is 0.892. The molecule has 0 aliphatic carbocycles. The van der Waals surface area contributed by atoms with Crippen LogP contribution in [0, 0.1) is 18.6 Å². The average molecular weight is 266 g/mol. The third kappa shape index (κ3) is 2.40. The predicted octanol–water partition coefficient (Wildman–Crippen LogP) is 2.40. The molecule has 0 spiro atoms. The number of benzene rings is 1. The monoisotopic (exact) mass is 266 g/mol. The van der Waals surface area contributed by atoms with Gasteiger partial charge in [-0.1, -0.05) is 6.07 Å². The molecule has 0 aliphatic rings. The number of aromatic nitrogens is 2. The maximum absolute atomic E-state index is 13.8. The summed E-state index contributed by atoms with van der Waals surface area (Å²) in [5.41, 5.74) is 5.79. The van der Waals surface area contributed by atoms with Gasteiger partial charge in [0.25, 0.3) is 0 Å². The lowest BCUT2D eigenvalue weighted by Crippen LogP contribution is -2.06. The first-order valence-electron chi connectivity index (χ1n) is 5.40. The van der Waals surface area contributed by atoms with E-state index < -0.39 is 11.6 Å². The third-order valence-electron chi connectivity index (χ3n) is 2.57. The second-order valence-corrected chi connectivity index (χ2v) is 3.82. The van der Waals surface area contributed by atoms with Crippen LogP contribution in [0.4, 0.5) is 26.0 Å². The largest absolute Gasteiger partial charge is 0.479 e. The van der Waals surface area contributed by atoms with E-state index in [1.54, 1.807) is 0 Å². The predicted molar refractivity (Wildman–Crippen MR) is 67.4 cm³/mol. The summed E-state index contributed by atoms with van der Waals surface area (Å²) >= 11 is 0. The number of halogens is 2. The minimum atomic E-state index is -0.736. The molecule has 1 aromatic carbocycles. The van der Waals surface area contributed by atoms with Crippen LogP contribution in [0.5, 0.6) is 5.88 Å². The number of nitrogens with zero attached hydrogens (tertiary/aromatic N) is 2. The smallest absolute Gasteiger partial charge is 0.242 e. The van der Waals surface area contributed by atoms with Crippen LogP contribution in [0.1, 0.15) is 5.56 Å². The fourth-order valence-electron chi connectivity index (χ4n) is 1.53. The van der Waals surface area contributed by atoms with Gasteiger partial charge in [0.2, 0.25) is 5.88 Å². The third-order valence-corrected chi connectivity index (χ3v) is 2.57. The molecule has 0 saturated carbocycles. The molecule has 0 atom stereocenters. The number of ether oxygens (including phenoxy) is 1. The lowest BCUT2D eigenvalue weighted by atomic mass is 10.2. The van der Waals surface area contributed by atoms with Crippen LogP contribution >= 0.6 is 0 Å². The topological polar surface area (TPSA) is 73.1 Å². The van der Waals surface area contributed by atoms with Gasteiger partial charge in [0.15, 0.2) is 11.6 Å². The Hall–Kier alpha value is -2.44. The molecule has 0 fully saturated rings. The summed E-state index contributed by atoms with van der Waals surface area (Å²) in [7, 11) is 1.39. The van der Waals surface area contributed by atoms with Gasteiger partial charge >= 0.3 is 0 Å². The van der Waals surface area contributed by atoms with Crippen LogP contribution in [0.25, 0.3) is 0 Å². The first kappa shape index (κ1) is 13.0. The second-order valence-electron chi connectivity index (χ2n) is 3.82. The molecule has 1 aromatic heterocycles. The highest BCUT2D eigenvalue weighted by Gasteiger charge is 2.15. The van der Waals surface area contributed by atoms with Crippen molar-refractivity contribution in [1.82, 2.24) is 9.97 Å². The Morgan fingerprint density at radius 3 is 2.68 bits per heavy atom. The zero-order valence-electron chi connectivity index (χ0n) is 10.4. The first-order valence-corrected chi connectivity index (χ1v) is 5.40. The highest BCUT2D eigenvalue weighted by atomic mass is 19.1. The highest BCUT2D eigenvalue weighted by Crippen LogP contribution is 2.30. The van der Waals surface area contributed by atoms with Gasteiger partial charge < -0.3 is 15.8 Å². The van der Waals surface area contributed by atoms with Crippen LogP contribution in [0.2, 0.25) is 0 Å². The molecule has 1 heterocycles. The summed E-state index contributed by atoms with van der Waals surface area (Å²) in [5, 5.41) is 2.52. The Balaban J connectivity index is 2.45. The lowest BCUT2D eigenvalue weighted by Gasteiger charge is -2.12. The van der Waals surface area contributed by atoms with E-state index in [0.717, 1.165) is 6.07 Å². The standard InChI is InChI=1S/C12H12F2N4O/c1-6-3-4-7(13)10(8(6)14)18-11-9(15)12(19-2)17-5-16-11/h3-5H,15H2,1-2H3,(H,16,17,18). The van der Waals surface area contributed by atoms with E-state index >= 15 is 0 Å². The van der Waals surface area contributed by atoms with E-state index in [0.29, 0.717) is 5.56 Å². The van der Waals surface area contributed by atoms with Crippen molar-refractivity contribution in [3.63, 3.8) is 0 Å². The normalized spacial score (nSPS) is 10.3. The van der Waals surface area contributed by atoms with Crippen molar-refractivity contribution in [1.29, 1.82) is 0 Å².